The van der Waals surface area contributed by atoms with Crippen LogP contribution in [-0.2, 0) is 11.2 Å². The molecular weight excluding hydrogens is 337 g/mol. The number of ketones is 1. The third kappa shape index (κ3) is 5.33. The van der Waals surface area contributed by atoms with Gasteiger partial charge in [0.1, 0.15) is 0 Å². The molecule has 26 heavy (non-hydrogen) atoms. The van der Waals surface area contributed by atoms with E-state index in [9.17, 15) is 18.0 Å². The second kappa shape index (κ2) is 9.20. The lowest BCUT2D eigenvalue weighted by Gasteiger charge is -2.23. The smallest absolute Gasteiger partial charge is 0.295 e. The van der Waals surface area contributed by atoms with Crippen LogP contribution in [0.2, 0.25) is 0 Å². The summed E-state index contributed by atoms with van der Waals surface area (Å²) in [7, 11) is 0. The first-order chi connectivity index (χ1) is 12.0. The van der Waals surface area contributed by atoms with Crippen LogP contribution in [0.1, 0.15) is 76.1 Å². The third-order valence-electron chi connectivity index (χ3n) is 4.77. The van der Waals surface area contributed by atoms with Gasteiger partial charge in [0, 0.05) is 0 Å². The van der Waals surface area contributed by atoms with Crippen LogP contribution < -0.4 is 0 Å². The molecule has 0 radical (unpaired) electrons. The van der Waals surface area contributed by atoms with E-state index in [1.54, 1.807) is 6.07 Å². The van der Waals surface area contributed by atoms with E-state index >= 15 is 0 Å². The predicted molar refractivity (Wildman–Crippen MR) is 103 cm³/mol. The number of rotatable bonds is 7. The molecular formula is C22H29F3O. The second-order valence-corrected chi connectivity index (χ2v) is 6.82. The van der Waals surface area contributed by atoms with Gasteiger partial charge in [-0.05, 0) is 80.9 Å². The summed E-state index contributed by atoms with van der Waals surface area (Å²) in [6.07, 6.45) is -0.831. The minimum Gasteiger partial charge on any atom is -0.295 e. The molecule has 0 aliphatic carbocycles. The Labute approximate surface area is 155 Å². The number of allylic oxidation sites excluding steroid dienone is 4. The lowest BCUT2D eigenvalue weighted by molar-refractivity contribution is -0.113. The average Bonchev–Trinajstić information content (AvgIpc) is 2.55. The van der Waals surface area contributed by atoms with Crippen LogP contribution in [0, 0.1) is 6.92 Å². The van der Waals surface area contributed by atoms with Crippen molar-refractivity contribution in [3.05, 3.63) is 46.0 Å². The lowest BCUT2D eigenvalue weighted by Crippen LogP contribution is -2.16. The molecule has 0 aliphatic rings. The highest BCUT2D eigenvalue weighted by molar-refractivity contribution is 5.98. The maximum absolute atomic E-state index is 13.9. The van der Waals surface area contributed by atoms with E-state index in [2.05, 4.69) is 0 Å². The monoisotopic (exact) mass is 366 g/mol. The van der Waals surface area contributed by atoms with E-state index in [1.165, 1.54) is 0 Å². The zero-order valence-corrected chi connectivity index (χ0v) is 16.6. The number of benzene rings is 1. The molecule has 1 nitrogen and oxygen atoms in total. The summed E-state index contributed by atoms with van der Waals surface area (Å²) in [4.78, 5) is 11.6. The molecule has 0 aliphatic heterocycles. The molecule has 0 saturated carbocycles. The minimum absolute atomic E-state index is 0.173. The van der Waals surface area contributed by atoms with E-state index in [4.69, 9.17) is 0 Å². The molecule has 1 aromatic carbocycles. The number of halogens is 3. The van der Waals surface area contributed by atoms with Crippen LogP contribution in [0.3, 0.4) is 0 Å². The molecule has 1 rings (SSSR count). The Morgan fingerprint density at radius 2 is 1.69 bits per heavy atom. The first-order valence-electron chi connectivity index (χ1n) is 9.13. The summed E-state index contributed by atoms with van der Waals surface area (Å²) in [5.41, 5.74) is 3.31. The topological polar surface area (TPSA) is 17.1 Å². The van der Waals surface area contributed by atoms with Gasteiger partial charge in [0.25, 0.3) is 0 Å². The largest absolute Gasteiger partial charge is 0.417 e. The maximum atomic E-state index is 13.9. The third-order valence-corrected chi connectivity index (χ3v) is 4.77. The maximum Gasteiger partial charge on any atom is 0.417 e. The first kappa shape index (κ1) is 22.2. The summed E-state index contributed by atoms with van der Waals surface area (Å²) < 4.78 is 41.7. The highest BCUT2D eigenvalue weighted by atomic mass is 19.4. The molecule has 0 bridgehead atoms. The number of hydrogen-bond donors (Lipinski definition) is 0. The molecule has 0 unspecified atom stereocenters. The van der Waals surface area contributed by atoms with Crippen LogP contribution in [0.5, 0.6) is 0 Å². The molecule has 0 spiro atoms. The van der Waals surface area contributed by atoms with Crippen molar-refractivity contribution < 1.29 is 18.0 Å². The van der Waals surface area contributed by atoms with E-state index in [0.29, 0.717) is 17.5 Å². The van der Waals surface area contributed by atoms with E-state index in [1.807, 2.05) is 40.7 Å². The fraction of sp³-hybridized carbons (Fsp3) is 0.500. The van der Waals surface area contributed by atoms with Gasteiger partial charge in [-0.25, -0.2) is 0 Å². The van der Waals surface area contributed by atoms with Gasteiger partial charge in [-0.2, -0.15) is 13.2 Å². The molecule has 0 atom stereocenters. The van der Waals surface area contributed by atoms with Gasteiger partial charge in [-0.1, -0.05) is 38.0 Å². The quantitative estimate of drug-likeness (QED) is 0.471. The van der Waals surface area contributed by atoms with Gasteiger partial charge in [0.05, 0.1) is 5.57 Å². The lowest BCUT2D eigenvalue weighted by atomic mass is 9.83. The Kier molecular flexibility index (Phi) is 7.86. The van der Waals surface area contributed by atoms with Crippen LogP contribution in [-0.4, -0.2) is 12.0 Å². The molecule has 4 heteroatoms. The number of hydrogen-bond acceptors (Lipinski definition) is 1. The highest BCUT2D eigenvalue weighted by Gasteiger charge is 2.38. The Bertz CT molecular complexity index is 722. The Hall–Kier alpha value is -1.84. The standard InChI is InChI=1S/C22H29F3O/c1-7-9-10-18-12-11-15(4)20(17(6)14(3)8-2)21(18)19(13-16(5)26)22(23,24)25/h11-13H,7-10H2,1-6H3/b17-14+,19-13+. The SMILES string of the molecule is CCCCc1ccc(C)c(/C(C)=C(\C)CC)c1/C(=C\C(C)=O)C(F)(F)F. The molecule has 1 aromatic rings. The number of carbonyl (C=O) groups is 1. The second-order valence-electron chi connectivity index (χ2n) is 6.82. The summed E-state index contributed by atoms with van der Waals surface area (Å²) in [5.74, 6) is -0.597. The summed E-state index contributed by atoms with van der Waals surface area (Å²) in [5, 5.41) is 0. The summed E-state index contributed by atoms with van der Waals surface area (Å²) >= 11 is 0. The van der Waals surface area contributed by atoms with Crippen LogP contribution >= 0.6 is 0 Å². The van der Waals surface area contributed by atoms with Gasteiger partial charge < -0.3 is 0 Å². The highest BCUT2D eigenvalue weighted by Crippen LogP contribution is 2.41. The van der Waals surface area contributed by atoms with Crippen molar-refractivity contribution in [3.63, 3.8) is 0 Å². The molecule has 0 aromatic heterocycles. The van der Waals surface area contributed by atoms with Crippen LogP contribution in [0.15, 0.2) is 23.8 Å². The predicted octanol–water partition coefficient (Wildman–Crippen LogP) is 7.08. The zero-order chi connectivity index (χ0) is 20.1. The van der Waals surface area contributed by atoms with Crippen molar-refractivity contribution in [2.75, 3.05) is 0 Å². The number of unbranched alkanes of at least 4 members (excludes halogenated alkanes) is 1. The summed E-state index contributed by atoms with van der Waals surface area (Å²) in [6, 6.07) is 3.66. The van der Waals surface area contributed by atoms with Crippen molar-refractivity contribution in [1.82, 2.24) is 0 Å². The van der Waals surface area contributed by atoms with E-state index in [-0.39, 0.29) is 5.56 Å². The van der Waals surface area contributed by atoms with E-state index < -0.39 is 17.5 Å². The van der Waals surface area contributed by atoms with Gasteiger partial charge in [0.15, 0.2) is 5.78 Å². The normalized spacial score (nSPS) is 13.7. The fourth-order valence-corrected chi connectivity index (χ4v) is 3.09. The Morgan fingerprint density at radius 1 is 1.08 bits per heavy atom. The van der Waals surface area contributed by atoms with Gasteiger partial charge in [-0.15, -0.1) is 0 Å². The molecule has 0 fully saturated rings. The van der Waals surface area contributed by atoms with Crippen molar-refractivity contribution in [2.24, 2.45) is 0 Å². The number of aryl methyl sites for hydroxylation is 2. The van der Waals surface area contributed by atoms with Gasteiger partial charge in [0.2, 0.25) is 0 Å². The molecule has 0 heterocycles. The number of alkyl halides is 3. The van der Waals surface area contributed by atoms with Crippen molar-refractivity contribution in [1.29, 1.82) is 0 Å². The summed E-state index contributed by atoms with van der Waals surface area (Å²) in [6.45, 7) is 10.8. The Morgan fingerprint density at radius 3 is 2.15 bits per heavy atom. The van der Waals surface area contributed by atoms with Crippen molar-refractivity contribution >= 4 is 16.9 Å². The van der Waals surface area contributed by atoms with Crippen molar-refractivity contribution in [2.45, 2.75) is 73.4 Å². The number of carbonyl (C=O) groups excluding carboxylic acids is 1. The molecule has 0 amide bonds. The van der Waals surface area contributed by atoms with Gasteiger partial charge >= 0.3 is 6.18 Å². The Balaban J connectivity index is 3.95. The zero-order valence-electron chi connectivity index (χ0n) is 16.6. The first-order valence-corrected chi connectivity index (χ1v) is 9.13. The van der Waals surface area contributed by atoms with Crippen molar-refractivity contribution in [3.8, 4) is 0 Å². The van der Waals surface area contributed by atoms with E-state index in [0.717, 1.165) is 49.0 Å². The van der Waals surface area contributed by atoms with Crippen LogP contribution in [0.25, 0.3) is 11.1 Å². The minimum atomic E-state index is -4.59. The average molecular weight is 366 g/mol. The van der Waals surface area contributed by atoms with Gasteiger partial charge in [-0.3, -0.25) is 4.79 Å². The fourth-order valence-electron chi connectivity index (χ4n) is 3.09. The molecule has 0 N–H and O–H groups in total. The van der Waals surface area contributed by atoms with Crippen LogP contribution in [0.4, 0.5) is 13.2 Å². The molecule has 0 saturated heterocycles. The molecule has 144 valence electrons.